The third kappa shape index (κ3) is 3.83. The smallest absolute Gasteiger partial charge is 0.238 e. The van der Waals surface area contributed by atoms with Crippen molar-refractivity contribution in [2.24, 2.45) is 13.0 Å². The van der Waals surface area contributed by atoms with E-state index in [-0.39, 0.29) is 5.92 Å². The van der Waals surface area contributed by atoms with Gasteiger partial charge in [-0.25, -0.2) is 18.4 Å². The third-order valence-corrected chi connectivity index (χ3v) is 7.25. The van der Waals surface area contributed by atoms with E-state index in [1.165, 1.54) is 12.1 Å². The molecule has 0 radical (unpaired) electrons. The fraction of sp³-hybridized carbons (Fsp3) is 0.333. The molecule has 1 aliphatic rings. The van der Waals surface area contributed by atoms with Gasteiger partial charge in [-0.1, -0.05) is 11.3 Å². The largest absolute Gasteiger partial charge is 0.479 e. The lowest BCUT2D eigenvalue weighted by molar-refractivity contribution is 0.0548. The van der Waals surface area contributed by atoms with Gasteiger partial charge in [-0.2, -0.15) is 0 Å². The second kappa shape index (κ2) is 9.19. The van der Waals surface area contributed by atoms with E-state index in [0.717, 1.165) is 52.3 Å². The molecule has 0 bridgehead atoms. The normalized spacial score (nSPS) is 15.5. The van der Waals surface area contributed by atoms with Crippen molar-refractivity contribution in [2.75, 3.05) is 20.3 Å². The minimum atomic E-state index is -0.614. The summed E-state index contributed by atoms with van der Waals surface area (Å²) in [5.41, 5.74) is 5.10. The molecular formula is C27H26F2N6O2. The molecule has 0 amide bonds. The van der Waals surface area contributed by atoms with E-state index in [1.807, 2.05) is 26.1 Å². The number of halogens is 2. The first-order chi connectivity index (χ1) is 18.0. The van der Waals surface area contributed by atoms with Crippen LogP contribution in [0.4, 0.5) is 8.78 Å². The summed E-state index contributed by atoms with van der Waals surface area (Å²) in [6, 6.07) is 7.24. The molecule has 1 aromatic carbocycles. The number of aromatic nitrogens is 6. The quantitative estimate of drug-likeness (QED) is 0.336. The Labute approximate surface area is 211 Å². The van der Waals surface area contributed by atoms with E-state index in [0.29, 0.717) is 30.2 Å². The molecule has 37 heavy (non-hydrogen) atoms. The molecule has 8 nitrogen and oxygen atoms in total. The molecule has 1 aliphatic heterocycles. The number of hydrogen-bond donors (Lipinski definition) is 0. The number of nitrogens with zero attached hydrogens (tertiary/aromatic N) is 6. The Kier molecular flexibility index (Phi) is 5.83. The zero-order valence-electron chi connectivity index (χ0n) is 20.8. The van der Waals surface area contributed by atoms with Crippen LogP contribution in [-0.2, 0) is 11.8 Å². The van der Waals surface area contributed by atoms with Crippen LogP contribution >= 0.6 is 0 Å². The molecule has 5 aromatic rings. The van der Waals surface area contributed by atoms with Crippen molar-refractivity contribution in [1.29, 1.82) is 0 Å². The lowest BCUT2D eigenvalue weighted by Crippen LogP contribution is -2.27. The predicted octanol–water partition coefficient (Wildman–Crippen LogP) is 4.99. The van der Waals surface area contributed by atoms with Gasteiger partial charge in [0.25, 0.3) is 0 Å². The Balaban J connectivity index is 1.71. The highest BCUT2D eigenvalue weighted by Gasteiger charge is 2.33. The lowest BCUT2D eigenvalue weighted by atomic mass is 9.86. The zero-order chi connectivity index (χ0) is 25.7. The number of methoxy groups -OCH3 is 1. The van der Waals surface area contributed by atoms with E-state index >= 15 is 4.39 Å². The highest BCUT2D eigenvalue weighted by atomic mass is 19.1. The van der Waals surface area contributed by atoms with Gasteiger partial charge in [0.15, 0.2) is 0 Å². The Morgan fingerprint density at radius 1 is 1.11 bits per heavy atom. The van der Waals surface area contributed by atoms with Crippen molar-refractivity contribution >= 4 is 21.9 Å². The standard InChI is InChI=1S/C27H26F2N6O2/c1-15-24(34(2)33-32-15)17-12-22-23(31-14-17)20-6-9-30-27(36-3)26(20)35(22)25(16-7-10-37-11-8-16)19-5-4-18(28)13-21(19)29/h4-6,9,12-14,16,25H,7-8,10-11H2,1-3H3. The van der Waals surface area contributed by atoms with Crippen LogP contribution in [0.5, 0.6) is 5.88 Å². The van der Waals surface area contributed by atoms with Crippen LogP contribution in [0.15, 0.2) is 42.7 Å². The van der Waals surface area contributed by atoms with Gasteiger partial charge in [-0.3, -0.25) is 4.98 Å². The van der Waals surface area contributed by atoms with Gasteiger partial charge in [0.2, 0.25) is 5.88 Å². The van der Waals surface area contributed by atoms with Crippen LogP contribution in [0, 0.1) is 24.5 Å². The van der Waals surface area contributed by atoms with Gasteiger partial charge in [0, 0.05) is 55.2 Å². The number of pyridine rings is 2. The van der Waals surface area contributed by atoms with E-state index in [4.69, 9.17) is 14.5 Å². The summed E-state index contributed by atoms with van der Waals surface area (Å²) in [6.07, 6.45) is 4.93. The van der Waals surface area contributed by atoms with Crippen molar-refractivity contribution in [2.45, 2.75) is 25.8 Å². The monoisotopic (exact) mass is 504 g/mol. The van der Waals surface area contributed by atoms with Crippen LogP contribution in [0.3, 0.4) is 0 Å². The lowest BCUT2D eigenvalue weighted by Gasteiger charge is -2.33. The van der Waals surface area contributed by atoms with Crippen molar-refractivity contribution < 1.29 is 18.3 Å². The number of fused-ring (bicyclic) bond motifs is 3. The Morgan fingerprint density at radius 2 is 1.92 bits per heavy atom. The number of rotatable bonds is 5. The first kappa shape index (κ1) is 23.5. The predicted molar refractivity (Wildman–Crippen MR) is 134 cm³/mol. The fourth-order valence-electron chi connectivity index (χ4n) is 5.62. The second-order valence-electron chi connectivity index (χ2n) is 9.39. The van der Waals surface area contributed by atoms with Crippen LogP contribution < -0.4 is 4.74 Å². The fourth-order valence-corrected chi connectivity index (χ4v) is 5.62. The highest BCUT2D eigenvalue weighted by Crippen LogP contribution is 2.43. The Hall–Kier alpha value is -3.92. The molecule has 1 unspecified atom stereocenters. The molecule has 4 aromatic heterocycles. The molecule has 10 heteroatoms. The van der Waals surface area contributed by atoms with Crippen molar-refractivity contribution in [3.05, 3.63) is 65.6 Å². The van der Waals surface area contributed by atoms with E-state index in [1.54, 1.807) is 24.2 Å². The summed E-state index contributed by atoms with van der Waals surface area (Å²) in [5, 5.41) is 9.18. The first-order valence-corrected chi connectivity index (χ1v) is 12.2. The average Bonchev–Trinajstić information content (AvgIpc) is 3.42. The van der Waals surface area contributed by atoms with Crippen molar-refractivity contribution in [3.8, 4) is 17.1 Å². The molecule has 190 valence electrons. The summed E-state index contributed by atoms with van der Waals surface area (Å²) in [6.45, 7) is 3.04. The van der Waals surface area contributed by atoms with E-state index in [9.17, 15) is 4.39 Å². The second-order valence-corrected chi connectivity index (χ2v) is 9.39. The van der Waals surface area contributed by atoms with Gasteiger partial charge >= 0.3 is 0 Å². The number of ether oxygens (including phenoxy) is 2. The molecule has 1 fully saturated rings. The molecule has 6 rings (SSSR count). The van der Waals surface area contributed by atoms with Gasteiger partial charge in [0.05, 0.1) is 35.6 Å². The summed E-state index contributed by atoms with van der Waals surface area (Å²) >= 11 is 0. The zero-order valence-corrected chi connectivity index (χ0v) is 20.8. The maximum Gasteiger partial charge on any atom is 0.238 e. The summed E-state index contributed by atoms with van der Waals surface area (Å²) in [5.74, 6) is -0.766. The number of benzene rings is 1. The molecule has 0 saturated carbocycles. The first-order valence-electron chi connectivity index (χ1n) is 12.2. The molecule has 0 spiro atoms. The molecule has 1 atom stereocenters. The molecular weight excluding hydrogens is 478 g/mol. The van der Waals surface area contributed by atoms with Crippen LogP contribution in [-0.4, -0.2) is 49.9 Å². The minimum Gasteiger partial charge on any atom is -0.479 e. The van der Waals surface area contributed by atoms with Crippen LogP contribution in [0.1, 0.15) is 30.1 Å². The van der Waals surface area contributed by atoms with Gasteiger partial charge < -0.3 is 14.0 Å². The molecule has 5 heterocycles. The summed E-state index contributed by atoms with van der Waals surface area (Å²) in [7, 11) is 3.40. The Morgan fingerprint density at radius 3 is 2.62 bits per heavy atom. The average molecular weight is 505 g/mol. The molecule has 1 saturated heterocycles. The van der Waals surface area contributed by atoms with Crippen LogP contribution in [0.25, 0.3) is 33.2 Å². The number of hydrogen-bond acceptors (Lipinski definition) is 6. The van der Waals surface area contributed by atoms with E-state index in [2.05, 4.69) is 19.9 Å². The highest BCUT2D eigenvalue weighted by molar-refractivity contribution is 6.08. The molecule has 0 N–H and O–H groups in total. The summed E-state index contributed by atoms with van der Waals surface area (Å²) in [4.78, 5) is 9.32. The topological polar surface area (TPSA) is 79.9 Å². The maximum absolute atomic E-state index is 15.5. The Bertz CT molecular complexity index is 1600. The number of aryl methyl sites for hydroxylation is 2. The third-order valence-electron chi connectivity index (χ3n) is 7.25. The SMILES string of the molecule is COc1nccc2c3ncc(-c4c(C)nnn4C)cc3n(C(c3ccc(F)cc3F)C3CCOCC3)c12. The summed E-state index contributed by atoms with van der Waals surface area (Å²) < 4.78 is 44.6. The maximum atomic E-state index is 15.5. The van der Waals surface area contributed by atoms with Crippen molar-refractivity contribution in [3.63, 3.8) is 0 Å². The van der Waals surface area contributed by atoms with E-state index < -0.39 is 17.7 Å². The molecule has 0 aliphatic carbocycles. The minimum absolute atomic E-state index is 0.0289. The van der Waals surface area contributed by atoms with Gasteiger partial charge in [0.1, 0.15) is 17.2 Å². The van der Waals surface area contributed by atoms with Crippen LogP contribution in [0.2, 0.25) is 0 Å². The van der Waals surface area contributed by atoms with Gasteiger partial charge in [-0.15, -0.1) is 5.10 Å². The van der Waals surface area contributed by atoms with Gasteiger partial charge in [-0.05, 0) is 43.9 Å². The van der Waals surface area contributed by atoms with Crippen molar-refractivity contribution in [1.82, 2.24) is 29.5 Å².